The summed E-state index contributed by atoms with van der Waals surface area (Å²) in [5.41, 5.74) is 0.423. The summed E-state index contributed by atoms with van der Waals surface area (Å²) in [6.07, 6.45) is 2.80. The first-order valence-corrected chi connectivity index (χ1v) is 4.92. The van der Waals surface area contributed by atoms with Crippen molar-refractivity contribution in [2.45, 2.75) is 13.5 Å². The third kappa shape index (κ3) is 3.07. The van der Waals surface area contributed by atoms with Gasteiger partial charge in [0.25, 0.3) is 0 Å². The molecule has 1 aromatic rings. The minimum atomic E-state index is 0.423. The van der Waals surface area contributed by atoms with Crippen LogP contribution >= 0.6 is 0 Å². The maximum absolute atomic E-state index is 8.86. The van der Waals surface area contributed by atoms with Gasteiger partial charge in [-0.3, -0.25) is 0 Å². The Hall–Kier alpha value is -1.87. The van der Waals surface area contributed by atoms with E-state index < -0.39 is 0 Å². The van der Waals surface area contributed by atoms with Crippen LogP contribution in [0.2, 0.25) is 0 Å². The van der Waals surface area contributed by atoms with Gasteiger partial charge in [-0.05, 0) is 6.92 Å². The second-order valence-corrected chi connectivity index (χ2v) is 2.90. The number of hydrogen-bond acceptors (Lipinski definition) is 5. The van der Waals surface area contributed by atoms with Crippen LogP contribution in [-0.2, 0) is 16.0 Å². The number of aliphatic imine (C=N–C) groups is 1. The molecule has 0 bridgehead atoms. The van der Waals surface area contributed by atoms with Crippen LogP contribution in [0, 0.1) is 11.3 Å². The van der Waals surface area contributed by atoms with Crippen LogP contribution in [-0.4, -0.2) is 36.5 Å². The first kappa shape index (κ1) is 12.2. The van der Waals surface area contributed by atoms with Crippen molar-refractivity contribution in [3.8, 4) is 6.07 Å². The maximum atomic E-state index is 8.86. The molecule has 1 rings (SSSR count). The molecular weight excluding hydrogens is 208 g/mol. The third-order valence-corrected chi connectivity index (χ3v) is 1.86. The smallest absolute Gasteiger partial charge is 0.176 e. The monoisotopic (exact) mass is 222 g/mol. The zero-order chi connectivity index (χ0) is 11.8. The van der Waals surface area contributed by atoms with Crippen molar-refractivity contribution in [2.24, 2.45) is 4.99 Å². The van der Waals surface area contributed by atoms with Gasteiger partial charge in [0, 0.05) is 7.11 Å². The molecule has 6 nitrogen and oxygen atoms in total. The van der Waals surface area contributed by atoms with E-state index in [0.29, 0.717) is 31.1 Å². The third-order valence-electron chi connectivity index (χ3n) is 1.86. The molecule has 0 aliphatic rings. The minimum absolute atomic E-state index is 0.423. The summed E-state index contributed by atoms with van der Waals surface area (Å²) < 4.78 is 11.5. The lowest BCUT2D eigenvalue weighted by Gasteiger charge is -2.02. The van der Waals surface area contributed by atoms with E-state index in [-0.39, 0.29) is 0 Å². The van der Waals surface area contributed by atoms with E-state index in [4.69, 9.17) is 14.7 Å². The Labute approximate surface area is 94.1 Å². The molecule has 0 fully saturated rings. The van der Waals surface area contributed by atoms with Crippen LogP contribution in [0.4, 0.5) is 5.82 Å². The van der Waals surface area contributed by atoms with Crippen LogP contribution in [0.1, 0.15) is 12.5 Å². The molecule has 86 valence electrons. The highest BCUT2D eigenvalue weighted by Crippen LogP contribution is 2.17. The summed E-state index contributed by atoms with van der Waals surface area (Å²) in [5.74, 6) is 0.494. The average molecular weight is 222 g/mol. The van der Waals surface area contributed by atoms with E-state index in [0.717, 1.165) is 0 Å². The Morgan fingerprint density at radius 3 is 3.12 bits per heavy atom. The average Bonchev–Trinajstić information content (AvgIpc) is 2.69. The topological polar surface area (TPSA) is 72.4 Å². The highest BCUT2D eigenvalue weighted by atomic mass is 16.5. The Morgan fingerprint density at radius 2 is 2.50 bits per heavy atom. The Kier molecular flexibility index (Phi) is 5.02. The quantitative estimate of drug-likeness (QED) is 0.533. The van der Waals surface area contributed by atoms with Crippen LogP contribution in [0.3, 0.4) is 0 Å². The Balaban J connectivity index is 2.84. The van der Waals surface area contributed by atoms with Gasteiger partial charge in [0.2, 0.25) is 0 Å². The van der Waals surface area contributed by atoms with Gasteiger partial charge >= 0.3 is 0 Å². The van der Waals surface area contributed by atoms with E-state index in [1.54, 1.807) is 11.8 Å². The van der Waals surface area contributed by atoms with Gasteiger partial charge in [0.05, 0.1) is 26.0 Å². The van der Waals surface area contributed by atoms with Gasteiger partial charge in [-0.15, -0.1) is 0 Å². The fourth-order valence-electron chi connectivity index (χ4n) is 1.10. The van der Waals surface area contributed by atoms with Crippen molar-refractivity contribution in [1.29, 1.82) is 5.26 Å². The molecule has 0 aliphatic heterocycles. The lowest BCUT2D eigenvalue weighted by molar-refractivity contribution is 0.184. The fraction of sp³-hybridized carbons (Fsp3) is 0.500. The molecule has 0 aliphatic carbocycles. The summed E-state index contributed by atoms with van der Waals surface area (Å²) in [5, 5.41) is 12.9. The number of methoxy groups -OCH3 is 1. The van der Waals surface area contributed by atoms with Crippen LogP contribution in [0.25, 0.3) is 0 Å². The number of rotatable bonds is 6. The maximum Gasteiger partial charge on any atom is 0.176 e. The lowest BCUT2D eigenvalue weighted by Crippen LogP contribution is -2.05. The van der Waals surface area contributed by atoms with Crippen LogP contribution in [0.15, 0.2) is 11.2 Å². The van der Waals surface area contributed by atoms with Gasteiger partial charge < -0.3 is 9.47 Å². The Bertz CT molecular complexity index is 392. The standard InChI is InChI=1S/C10H14N4O2/c1-3-16-8-12-10-9(6-11)7-13-14(10)4-5-15-2/h7-8H,3-5H2,1-2H3/b12-8+. The molecule has 0 atom stereocenters. The SMILES string of the molecule is CCO/C=N/c1c(C#N)cnn1CCOC. The summed E-state index contributed by atoms with van der Waals surface area (Å²) >= 11 is 0. The number of hydrogen-bond donors (Lipinski definition) is 0. The molecule has 0 radical (unpaired) electrons. The molecule has 0 unspecified atom stereocenters. The highest BCUT2D eigenvalue weighted by molar-refractivity contribution is 5.58. The van der Waals surface area contributed by atoms with Crippen LogP contribution < -0.4 is 0 Å². The number of nitrogens with zero attached hydrogens (tertiary/aromatic N) is 4. The minimum Gasteiger partial charge on any atom is -0.483 e. The molecular formula is C10H14N4O2. The molecule has 1 heterocycles. The molecule has 0 aromatic carbocycles. The molecule has 0 amide bonds. The zero-order valence-electron chi connectivity index (χ0n) is 9.38. The first-order valence-electron chi connectivity index (χ1n) is 4.92. The molecule has 16 heavy (non-hydrogen) atoms. The van der Waals surface area contributed by atoms with Crippen molar-refractivity contribution >= 4 is 12.2 Å². The van der Waals surface area contributed by atoms with Crippen LogP contribution in [0.5, 0.6) is 0 Å². The summed E-state index contributed by atoms with van der Waals surface area (Å²) in [7, 11) is 1.61. The van der Waals surface area contributed by atoms with Crippen molar-refractivity contribution in [3.05, 3.63) is 11.8 Å². The molecule has 0 N–H and O–H groups in total. The summed E-state index contributed by atoms with van der Waals surface area (Å²) in [6, 6.07) is 2.03. The number of aromatic nitrogens is 2. The first-order chi connectivity index (χ1) is 7.83. The van der Waals surface area contributed by atoms with Gasteiger partial charge in [-0.1, -0.05) is 0 Å². The van der Waals surface area contributed by atoms with Gasteiger partial charge in [0.1, 0.15) is 11.6 Å². The summed E-state index contributed by atoms with van der Waals surface area (Å²) in [6.45, 7) is 3.47. The molecule has 6 heteroatoms. The molecule has 1 aromatic heterocycles. The van der Waals surface area contributed by atoms with E-state index in [2.05, 4.69) is 10.1 Å². The van der Waals surface area contributed by atoms with Crippen molar-refractivity contribution in [1.82, 2.24) is 9.78 Å². The summed E-state index contributed by atoms with van der Waals surface area (Å²) in [4.78, 5) is 4.05. The largest absolute Gasteiger partial charge is 0.483 e. The van der Waals surface area contributed by atoms with E-state index in [1.165, 1.54) is 12.6 Å². The van der Waals surface area contributed by atoms with Gasteiger partial charge in [-0.25, -0.2) is 4.68 Å². The van der Waals surface area contributed by atoms with Crippen molar-refractivity contribution in [3.63, 3.8) is 0 Å². The normalized spacial score (nSPS) is 10.6. The van der Waals surface area contributed by atoms with Crippen molar-refractivity contribution in [2.75, 3.05) is 20.3 Å². The molecule has 0 saturated heterocycles. The van der Waals surface area contributed by atoms with Gasteiger partial charge in [-0.2, -0.15) is 15.4 Å². The Morgan fingerprint density at radius 1 is 1.69 bits per heavy atom. The van der Waals surface area contributed by atoms with Crippen molar-refractivity contribution < 1.29 is 9.47 Å². The predicted octanol–water partition coefficient (Wildman–Crippen LogP) is 1.10. The molecule has 0 spiro atoms. The van der Waals surface area contributed by atoms with Gasteiger partial charge in [0.15, 0.2) is 12.2 Å². The highest BCUT2D eigenvalue weighted by Gasteiger charge is 2.08. The fourth-order valence-corrected chi connectivity index (χ4v) is 1.10. The predicted molar refractivity (Wildman–Crippen MR) is 58.6 cm³/mol. The van der Waals surface area contributed by atoms with E-state index >= 15 is 0 Å². The lowest BCUT2D eigenvalue weighted by atomic mass is 10.4. The number of ether oxygens (including phenoxy) is 2. The second-order valence-electron chi connectivity index (χ2n) is 2.90. The number of nitriles is 1. The zero-order valence-corrected chi connectivity index (χ0v) is 9.38. The second kappa shape index (κ2) is 6.58. The van der Waals surface area contributed by atoms with E-state index in [1.807, 2.05) is 13.0 Å². The molecule has 0 saturated carbocycles. The van der Waals surface area contributed by atoms with E-state index in [9.17, 15) is 0 Å².